The molecule has 0 aliphatic carbocycles. The lowest BCUT2D eigenvalue weighted by Gasteiger charge is -2.24. The highest BCUT2D eigenvalue weighted by atomic mass is 35.5. The number of nitrogens with zero attached hydrogens (tertiary/aromatic N) is 2. The second-order valence-electron chi connectivity index (χ2n) is 8.19. The fourth-order valence-electron chi connectivity index (χ4n) is 4.40. The van der Waals surface area contributed by atoms with Crippen LogP contribution in [0.2, 0.25) is 5.02 Å². The van der Waals surface area contributed by atoms with E-state index in [0.717, 1.165) is 12.2 Å². The van der Waals surface area contributed by atoms with Crippen LogP contribution < -0.4 is 10.3 Å². The Morgan fingerprint density at radius 3 is 2.61 bits per heavy atom. The smallest absolute Gasteiger partial charge is 0.197 e. The third-order valence-corrected chi connectivity index (χ3v) is 6.44. The van der Waals surface area contributed by atoms with Crippen LogP contribution in [0.1, 0.15) is 17.9 Å². The van der Waals surface area contributed by atoms with Gasteiger partial charge in [0.25, 0.3) is 0 Å². The van der Waals surface area contributed by atoms with Gasteiger partial charge in [-0.1, -0.05) is 11.6 Å². The van der Waals surface area contributed by atoms with Crippen molar-refractivity contribution in [1.29, 1.82) is 0 Å². The summed E-state index contributed by atoms with van der Waals surface area (Å²) < 4.78 is 6.15. The number of phenolic OH excluding ortho intramolecular Hbond substituents is 2. The van der Waals surface area contributed by atoms with Crippen molar-refractivity contribution in [2.24, 2.45) is 0 Å². The minimum absolute atomic E-state index is 0.00248. The predicted octanol–water partition coefficient (Wildman–Crippen LogP) is 3.37. The molecular weight excluding hydrogens is 420 g/mol. The van der Waals surface area contributed by atoms with E-state index in [-0.39, 0.29) is 46.8 Å². The number of phenols is 2. The molecule has 1 fully saturated rings. The average molecular weight is 445 g/mol. The molecule has 164 valence electrons. The Morgan fingerprint density at radius 1 is 1.19 bits per heavy atom. The molecule has 8 heteroatoms. The van der Waals surface area contributed by atoms with Crippen molar-refractivity contribution in [3.63, 3.8) is 0 Å². The maximum Gasteiger partial charge on any atom is 0.197 e. The molecule has 0 unspecified atom stereocenters. The van der Waals surface area contributed by atoms with Gasteiger partial charge in [0.1, 0.15) is 28.2 Å². The number of halogens is 1. The van der Waals surface area contributed by atoms with Gasteiger partial charge in [-0.05, 0) is 38.2 Å². The number of hydrogen-bond acceptors (Lipinski definition) is 7. The van der Waals surface area contributed by atoms with Crippen LogP contribution in [-0.4, -0.2) is 60.6 Å². The Kier molecular flexibility index (Phi) is 5.60. The summed E-state index contributed by atoms with van der Waals surface area (Å²) in [6.07, 6.45) is 0.667. The van der Waals surface area contributed by atoms with Crippen molar-refractivity contribution in [1.82, 2.24) is 4.90 Å². The molecule has 2 aromatic carbocycles. The van der Waals surface area contributed by atoms with E-state index in [9.17, 15) is 20.1 Å². The number of benzene rings is 2. The molecule has 0 radical (unpaired) electrons. The van der Waals surface area contributed by atoms with E-state index in [1.54, 1.807) is 6.07 Å². The number of likely N-dealkylation sites (N-methyl/N-ethyl adjacent to an activating group) is 1. The van der Waals surface area contributed by atoms with Gasteiger partial charge in [-0.2, -0.15) is 0 Å². The molecule has 4 rings (SSSR count). The van der Waals surface area contributed by atoms with Crippen LogP contribution >= 0.6 is 11.6 Å². The number of likely N-dealkylation sites (tertiary alicyclic amines) is 1. The lowest BCUT2D eigenvalue weighted by atomic mass is 9.89. The van der Waals surface area contributed by atoms with Gasteiger partial charge >= 0.3 is 0 Å². The predicted molar refractivity (Wildman–Crippen MR) is 121 cm³/mol. The molecule has 1 aromatic heterocycles. The summed E-state index contributed by atoms with van der Waals surface area (Å²) in [5.41, 5.74) is 1.50. The second-order valence-corrected chi connectivity index (χ2v) is 8.60. The lowest BCUT2D eigenvalue weighted by Crippen LogP contribution is -2.32. The number of aliphatic hydroxyl groups is 1. The summed E-state index contributed by atoms with van der Waals surface area (Å²) >= 11 is 6.41. The topological polar surface area (TPSA) is 97.4 Å². The zero-order valence-electron chi connectivity index (χ0n) is 17.6. The van der Waals surface area contributed by atoms with Gasteiger partial charge in [-0.15, -0.1) is 0 Å². The van der Waals surface area contributed by atoms with Crippen LogP contribution in [0, 0.1) is 0 Å². The van der Waals surface area contributed by atoms with Gasteiger partial charge in [-0.25, -0.2) is 0 Å². The molecule has 3 aromatic rings. The summed E-state index contributed by atoms with van der Waals surface area (Å²) in [5.74, 6) is -0.543. The van der Waals surface area contributed by atoms with Gasteiger partial charge in [0.15, 0.2) is 5.43 Å². The van der Waals surface area contributed by atoms with Crippen molar-refractivity contribution in [2.45, 2.75) is 18.4 Å². The monoisotopic (exact) mass is 444 g/mol. The first-order chi connectivity index (χ1) is 14.7. The van der Waals surface area contributed by atoms with Gasteiger partial charge in [0.2, 0.25) is 0 Å². The zero-order valence-corrected chi connectivity index (χ0v) is 18.3. The van der Waals surface area contributed by atoms with Gasteiger partial charge in [0, 0.05) is 55.0 Å². The number of fused-ring (bicyclic) bond motifs is 1. The lowest BCUT2D eigenvalue weighted by molar-refractivity contribution is 0.172. The first-order valence-electron chi connectivity index (χ1n) is 10.0. The Bertz CT molecular complexity index is 1210. The number of hydrogen-bond donors (Lipinski definition) is 3. The van der Waals surface area contributed by atoms with E-state index >= 15 is 0 Å². The van der Waals surface area contributed by atoms with Crippen LogP contribution in [-0.2, 0) is 0 Å². The molecule has 2 heterocycles. The van der Waals surface area contributed by atoms with Crippen molar-refractivity contribution < 1.29 is 19.7 Å². The Labute approximate surface area is 184 Å². The number of anilines is 1. The van der Waals surface area contributed by atoms with E-state index < -0.39 is 5.43 Å². The van der Waals surface area contributed by atoms with E-state index in [1.807, 2.05) is 43.1 Å². The summed E-state index contributed by atoms with van der Waals surface area (Å²) in [6.45, 7) is 0.613. The quantitative estimate of drug-likeness (QED) is 0.567. The van der Waals surface area contributed by atoms with E-state index in [4.69, 9.17) is 16.0 Å². The highest BCUT2D eigenvalue weighted by molar-refractivity contribution is 6.33. The van der Waals surface area contributed by atoms with Gasteiger partial charge < -0.3 is 29.5 Å². The zero-order chi connectivity index (χ0) is 22.4. The van der Waals surface area contributed by atoms with Crippen molar-refractivity contribution >= 4 is 28.3 Å². The maximum atomic E-state index is 13.0. The van der Waals surface area contributed by atoms with Crippen molar-refractivity contribution in [3.8, 4) is 22.8 Å². The highest BCUT2D eigenvalue weighted by Gasteiger charge is 2.36. The Hall–Kier alpha value is -2.74. The van der Waals surface area contributed by atoms with Crippen molar-refractivity contribution in [2.75, 3.05) is 39.2 Å². The molecule has 31 heavy (non-hydrogen) atoms. The molecule has 0 bridgehead atoms. The molecule has 1 saturated heterocycles. The van der Waals surface area contributed by atoms with Crippen LogP contribution in [0.15, 0.2) is 39.5 Å². The van der Waals surface area contributed by atoms with E-state index in [1.165, 1.54) is 12.1 Å². The standard InChI is InChI=1S/C23H25ClN2O5/c1-25(2)12-4-5-15(24)14(8-12)20-10-19(30)22-18(29)9-17(28)21(23(22)31-20)13-6-7-26(3)16(13)11-27/h4-5,8-10,13,16,27-29H,6-7,11H2,1-3H3/t13-,16+/m0/s1. The molecule has 3 N–H and O–H groups in total. The molecular formula is C23H25ClN2O5. The third-order valence-electron chi connectivity index (χ3n) is 6.11. The number of aromatic hydroxyl groups is 2. The molecule has 0 spiro atoms. The summed E-state index contributed by atoms with van der Waals surface area (Å²) in [4.78, 5) is 16.9. The first-order valence-corrected chi connectivity index (χ1v) is 10.4. The van der Waals surface area contributed by atoms with E-state index in [2.05, 4.69) is 0 Å². The fraction of sp³-hybridized carbons (Fsp3) is 0.348. The van der Waals surface area contributed by atoms with Crippen LogP contribution in [0.5, 0.6) is 11.5 Å². The molecule has 0 saturated carbocycles. The highest BCUT2D eigenvalue weighted by Crippen LogP contribution is 2.44. The molecule has 1 aliphatic heterocycles. The maximum absolute atomic E-state index is 13.0. The Balaban J connectivity index is 2.01. The fourth-order valence-corrected chi connectivity index (χ4v) is 4.61. The summed E-state index contributed by atoms with van der Waals surface area (Å²) in [6, 6.07) is 7.62. The minimum Gasteiger partial charge on any atom is -0.507 e. The van der Waals surface area contributed by atoms with Gasteiger partial charge in [-0.3, -0.25) is 4.79 Å². The van der Waals surface area contributed by atoms with Gasteiger partial charge in [0.05, 0.1) is 11.6 Å². The minimum atomic E-state index is -0.437. The summed E-state index contributed by atoms with van der Waals surface area (Å²) in [5, 5.41) is 31.4. The Morgan fingerprint density at radius 2 is 1.94 bits per heavy atom. The van der Waals surface area contributed by atoms with Crippen molar-refractivity contribution in [3.05, 3.63) is 51.1 Å². The SMILES string of the molecule is CN(C)c1ccc(Cl)c(-c2cc(=O)c3c(O)cc(O)c([C@H]4CCN(C)[C@@H]4CO)c3o2)c1. The normalized spacial score (nSPS) is 19.3. The summed E-state index contributed by atoms with van der Waals surface area (Å²) in [7, 11) is 5.68. The van der Waals surface area contributed by atoms with Crippen LogP contribution in [0.3, 0.4) is 0 Å². The third kappa shape index (κ3) is 3.63. The molecule has 7 nitrogen and oxygen atoms in total. The second kappa shape index (κ2) is 8.07. The van der Waals surface area contributed by atoms with E-state index in [0.29, 0.717) is 22.6 Å². The number of rotatable bonds is 4. The molecule has 0 amide bonds. The number of aliphatic hydroxyl groups excluding tert-OH is 1. The molecule has 2 atom stereocenters. The largest absolute Gasteiger partial charge is 0.507 e. The van der Waals surface area contributed by atoms with Crippen LogP contribution in [0.25, 0.3) is 22.3 Å². The average Bonchev–Trinajstić information content (AvgIpc) is 3.07. The first kappa shape index (κ1) is 21.5. The molecule has 1 aliphatic rings. The van der Waals surface area contributed by atoms with Crippen LogP contribution in [0.4, 0.5) is 5.69 Å².